The molecule has 0 radical (unpaired) electrons. The van der Waals surface area contributed by atoms with E-state index in [1.807, 2.05) is 18.2 Å². The van der Waals surface area contributed by atoms with E-state index in [0.717, 1.165) is 35.9 Å². The zero-order chi connectivity index (χ0) is 14.4. The Bertz CT molecular complexity index is 541. The fraction of sp³-hybridized carbons (Fsp3) is 0.533. The molecular weight excluding hydrogens is 270 g/mol. The van der Waals surface area contributed by atoms with Crippen LogP contribution in [-0.2, 0) is 6.54 Å². The number of thioether (sulfide) groups is 1. The summed E-state index contributed by atoms with van der Waals surface area (Å²) in [6, 6.07) is 6.07. The van der Waals surface area contributed by atoms with Gasteiger partial charge in [-0.25, -0.2) is 4.98 Å². The molecule has 110 valence electrons. The highest BCUT2D eigenvalue weighted by molar-refractivity contribution is 7.99. The van der Waals surface area contributed by atoms with Gasteiger partial charge in [0.25, 0.3) is 0 Å². The summed E-state index contributed by atoms with van der Waals surface area (Å²) in [5.41, 5.74) is 2.20. The molecule has 0 saturated carbocycles. The molecule has 0 aliphatic heterocycles. The number of hydrogen-bond acceptors (Lipinski definition) is 4. The number of imidazole rings is 1. The van der Waals surface area contributed by atoms with Crippen molar-refractivity contribution in [2.75, 3.05) is 18.9 Å². The molecule has 0 aliphatic rings. The van der Waals surface area contributed by atoms with Gasteiger partial charge in [-0.05, 0) is 31.0 Å². The second-order valence-electron chi connectivity index (χ2n) is 5.07. The number of pyridine rings is 1. The van der Waals surface area contributed by atoms with E-state index in [0.29, 0.717) is 5.92 Å². The average molecular weight is 293 g/mol. The van der Waals surface area contributed by atoms with Crippen molar-refractivity contribution in [3.8, 4) is 0 Å². The lowest BCUT2D eigenvalue weighted by Gasteiger charge is -2.08. The Balaban J connectivity index is 2.19. The number of aliphatic hydroxyl groups is 1. The maximum absolute atomic E-state index is 9.14. The zero-order valence-electron chi connectivity index (χ0n) is 12.2. The van der Waals surface area contributed by atoms with Crippen molar-refractivity contribution in [3.63, 3.8) is 0 Å². The van der Waals surface area contributed by atoms with Crippen LogP contribution in [0.4, 0.5) is 0 Å². The lowest BCUT2D eigenvalue weighted by atomic mass is 10.2. The fourth-order valence-electron chi connectivity index (χ4n) is 1.96. The third-order valence-corrected chi connectivity index (χ3v) is 4.46. The summed E-state index contributed by atoms with van der Waals surface area (Å²) in [6.07, 6.45) is 3.19. The lowest BCUT2D eigenvalue weighted by molar-refractivity contribution is 0.250. The fourth-order valence-corrected chi connectivity index (χ4v) is 3.00. The minimum atomic E-state index is 0.226. The van der Waals surface area contributed by atoms with Crippen LogP contribution < -0.4 is 5.32 Å². The molecule has 0 fully saturated rings. The van der Waals surface area contributed by atoms with Crippen molar-refractivity contribution in [3.05, 3.63) is 30.1 Å². The van der Waals surface area contributed by atoms with Crippen molar-refractivity contribution in [1.82, 2.24) is 14.7 Å². The summed E-state index contributed by atoms with van der Waals surface area (Å²) in [5.74, 6) is 1.18. The van der Waals surface area contributed by atoms with Crippen LogP contribution in [0.1, 0.15) is 26.0 Å². The van der Waals surface area contributed by atoms with Gasteiger partial charge in [0.15, 0.2) is 0 Å². The van der Waals surface area contributed by atoms with Crippen LogP contribution in [0.2, 0.25) is 0 Å². The largest absolute Gasteiger partial charge is 0.396 e. The summed E-state index contributed by atoms with van der Waals surface area (Å²) < 4.78 is 2.15. The van der Waals surface area contributed by atoms with Gasteiger partial charge < -0.3 is 14.8 Å². The predicted molar refractivity (Wildman–Crippen MR) is 84.2 cm³/mol. The number of aromatic nitrogens is 2. The number of nitrogens with one attached hydrogen (secondary N) is 1. The van der Waals surface area contributed by atoms with Crippen LogP contribution in [0, 0.1) is 5.92 Å². The quantitative estimate of drug-likeness (QED) is 0.580. The van der Waals surface area contributed by atoms with Crippen LogP contribution in [-0.4, -0.2) is 33.4 Å². The van der Waals surface area contributed by atoms with Crippen molar-refractivity contribution in [2.45, 2.75) is 31.8 Å². The van der Waals surface area contributed by atoms with E-state index in [9.17, 15) is 0 Å². The molecule has 4 nitrogen and oxygen atoms in total. The Hall–Kier alpha value is -1.04. The van der Waals surface area contributed by atoms with Crippen molar-refractivity contribution in [2.24, 2.45) is 5.92 Å². The van der Waals surface area contributed by atoms with E-state index >= 15 is 0 Å². The maximum atomic E-state index is 9.14. The van der Waals surface area contributed by atoms with E-state index in [1.165, 1.54) is 5.69 Å². The first-order chi connectivity index (χ1) is 9.76. The first-order valence-corrected chi connectivity index (χ1v) is 8.15. The number of hydrogen-bond donors (Lipinski definition) is 2. The van der Waals surface area contributed by atoms with Crippen molar-refractivity contribution in [1.29, 1.82) is 0 Å². The summed E-state index contributed by atoms with van der Waals surface area (Å²) >= 11 is 1.73. The van der Waals surface area contributed by atoms with Crippen LogP contribution >= 0.6 is 11.8 Å². The highest BCUT2D eigenvalue weighted by Crippen LogP contribution is 2.25. The molecule has 0 aliphatic carbocycles. The number of nitrogens with zero attached hydrogens (tertiary/aromatic N) is 2. The van der Waals surface area contributed by atoms with Gasteiger partial charge in [-0.15, -0.1) is 11.8 Å². The molecule has 2 N–H and O–H groups in total. The number of fused-ring (bicyclic) bond motifs is 1. The smallest absolute Gasteiger partial charge is 0.138 e. The molecule has 2 rings (SSSR count). The third kappa shape index (κ3) is 3.75. The van der Waals surface area contributed by atoms with Crippen molar-refractivity contribution < 1.29 is 5.11 Å². The molecule has 2 heterocycles. The Morgan fingerprint density at radius 1 is 1.45 bits per heavy atom. The molecule has 2 aromatic rings. The standard InChI is InChI=1S/C15H23N3OS/c1-3-7-16-9-13-15(20-11-12(2)10-19)17-14-6-4-5-8-18(13)14/h4-6,8,12,16,19H,3,7,9-11H2,1-2H3. The second kappa shape index (κ2) is 7.67. The molecule has 1 unspecified atom stereocenters. The van der Waals surface area contributed by atoms with Crippen molar-refractivity contribution >= 4 is 17.4 Å². The van der Waals surface area contributed by atoms with E-state index in [2.05, 4.69) is 29.8 Å². The van der Waals surface area contributed by atoms with E-state index < -0.39 is 0 Å². The normalized spacial score (nSPS) is 12.9. The number of rotatable bonds is 8. The summed E-state index contributed by atoms with van der Waals surface area (Å²) in [4.78, 5) is 4.70. The molecular formula is C15H23N3OS. The van der Waals surface area contributed by atoms with Gasteiger partial charge in [-0.1, -0.05) is 19.9 Å². The van der Waals surface area contributed by atoms with Crippen LogP contribution in [0.25, 0.3) is 5.65 Å². The first kappa shape index (κ1) is 15.4. The molecule has 0 saturated heterocycles. The van der Waals surface area contributed by atoms with E-state index in [1.54, 1.807) is 11.8 Å². The van der Waals surface area contributed by atoms with Crippen LogP contribution in [0.5, 0.6) is 0 Å². The topological polar surface area (TPSA) is 49.6 Å². The monoisotopic (exact) mass is 293 g/mol. The van der Waals surface area contributed by atoms with Crippen LogP contribution in [0.15, 0.2) is 29.4 Å². The van der Waals surface area contributed by atoms with Gasteiger partial charge in [-0.2, -0.15) is 0 Å². The van der Waals surface area contributed by atoms with Gasteiger partial charge >= 0.3 is 0 Å². The minimum Gasteiger partial charge on any atom is -0.396 e. The summed E-state index contributed by atoms with van der Waals surface area (Å²) in [6.45, 7) is 6.29. The predicted octanol–water partition coefficient (Wildman–Crippen LogP) is 2.55. The second-order valence-corrected chi connectivity index (χ2v) is 6.08. The maximum Gasteiger partial charge on any atom is 0.138 e. The average Bonchev–Trinajstić information content (AvgIpc) is 2.83. The van der Waals surface area contributed by atoms with Gasteiger partial charge in [-0.3, -0.25) is 0 Å². The van der Waals surface area contributed by atoms with E-state index in [-0.39, 0.29) is 6.61 Å². The zero-order valence-corrected chi connectivity index (χ0v) is 13.0. The lowest BCUT2D eigenvalue weighted by Crippen LogP contribution is -2.16. The Morgan fingerprint density at radius 3 is 3.05 bits per heavy atom. The Morgan fingerprint density at radius 2 is 2.30 bits per heavy atom. The molecule has 2 aromatic heterocycles. The molecule has 5 heteroatoms. The van der Waals surface area contributed by atoms with Gasteiger partial charge in [0, 0.05) is 25.1 Å². The van der Waals surface area contributed by atoms with Gasteiger partial charge in [0.05, 0.1) is 5.69 Å². The van der Waals surface area contributed by atoms with Crippen LogP contribution in [0.3, 0.4) is 0 Å². The Labute approximate surface area is 124 Å². The molecule has 0 amide bonds. The number of aliphatic hydroxyl groups excluding tert-OH is 1. The molecule has 20 heavy (non-hydrogen) atoms. The first-order valence-electron chi connectivity index (χ1n) is 7.16. The Kier molecular flexibility index (Phi) is 5.88. The summed E-state index contributed by atoms with van der Waals surface area (Å²) in [5, 5.41) is 13.7. The van der Waals surface area contributed by atoms with Gasteiger partial charge in [0.1, 0.15) is 10.7 Å². The highest BCUT2D eigenvalue weighted by Gasteiger charge is 2.13. The highest BCUT2D eigenvalue weighted by atomic mass is 32.2. The molecule has 0 spiro atoms. The molecule has 0 bridgehead atoms. The van der Waals surface area contributed by atoms with Gasteiger partial charge in [0.2, 0.25) is 0 Å². The summed E-state index contributed by atoms with van der Waals surface area (Å²) in [7, 11) is 0. The SMILES string of the molecule is CCCNCc1c(SCC(C)CO)nc2ccccn12. The molecule has 0 aromatic carbocycles. The third-order valence-electron chi connectivity index (χ3n) is 3.13. The van der Waals surface area contributed by atoms with E-state index in [4.69, 9.17) is 10.1 Å². The minimum absolute atomic E-state index is 0.226. The molecule has 1 atom stereocenters.